The van der Waals surface area contributed by atoms with Crippen LogP contribution in [0.1, 0.15) is 20.8 Å². The van der Waals surface area contributed by atoms with Gasteiger partial charge in [0.1, 0.15) is 5.75 Å². The number of aliphatic hydroxyl groups is 1. The number of hydrogen-bond donors (Lipinski definition) is 2. The van der Waals surface area contributed by atoms with Crippen molar-refractivity contribution < 1.29 is 9.84 Å². The van der Waals surface area contributed by atoms with Crippen LogP contribution in [0.5, 0.6) is 5.75 Å². The Morgan fingerprint density at radius 2 is 2.12 bits per heavy atom. The van der Waals surface area contributed by atoms with Gasteiger partial charge in [-0.15, -0.1) is 0 Å². The van der Waals surface area contributed by atoms with Crippen LogP contribution in [0.3, 0.4) is 0 Å². The molecule has 0 aliphatic heterocycles. The SMILES string of the molecule is CCOc1cccc(NCC(C)(C)CO)c1. The highest BCUT2D eigenvalue weighted by Crippen LogP contribution is 2.20. The first kappa shape index (κ1) is 12.8. The van der Waals surface area contributed by atoms with Gasteiger partial charge in [-0.3, -0.25) is 0 Å². The third-order valence-electron chi connectivity index (χ3n) is 2.34. The summed E-state index contributed by atoms with van der Waals surface area (Å²) in [5.41, 5.74) is 0.911. The molecular formula is C13H21NO2. The molecule has 0 saturated carbocycles. The van der Waals surface area contributed by atoms with Crippen LogP contribution in [-0.2, 0) is 0 Å². The van der Waals surface area contributed by atoms with Crippen LogP contribution in [0.2, 0.25) is 0 Å². The van der Waals surface area contributed by atoms with Gasteiger partial charge in [0.05, 0.1) is 6.61 Å². The smallest absolute Gasteiger partial charge is 0.121 e. The van der Waals surface area contributed by atoms with Gasteiger partial charge in [-0.25, -0.2) is 0 Å². The summed E-state index contributed by atoms with van der Waals surface area (Å²) in [6.45, 7) is 7.59. The van der Waals surface area contributed by atoms with Crippen molar-refractivity contribution in [3.8, 4) is 5.75 Å². The highest BCUT2D eigenvalue weighted by molar-refractivity contribution is 5.48. The van der Waals surface area contributed by atoms with Crippen LogP contribution in [0, 0.1) is 5.41 Å². The Morgan fingerprint density at radius 3 is 2.75 bits per heavy atom. The molecule has 1 aromatic rings. The van der Waals surface area contributed by atoms with E-state index in [1.165, 1.54) is 0 Å². The van der Waals surface area contributed by atoms with Crippen molar-refractivity contribution in [1.29, 1.82) is 0 Å². The zero-order valence-electron chi connectivity index (χ0n) is 10.3. The minimum atomic E-state index is -0.110. The van der Waals surface area contributed by atoms with Crippen LogP contribution in [0.15, 0.2) is 24.3 Å². The topological polar surface area (TPSA) is 41.5 Å². The summed E-state index contributed by atoms with van der Waals surface area (Å²) in [7, 11) is 0. The van der Waals surface area contributed by atoms with Gasteiger partial charge in [-0.1, -0.05) is 19.9 Å². The van der Waals surface area contributed by atoms with E-state index in [4.69, 9.17) is 9.84 Å². The van der Waals surface area contributed by atoms with Crippen molar-refractivity contribution in [3.05, 3.63) is 24.3 Å². The number of benzene rings is 1. The molecule has 1 rings (SSSR count). The maximum atomic E-state index is 9.15. The van der Waals surface area contributed by atoms with E-state index in [1.807, 2.05) is 45.0 Å². The first-order valence-corrected chi connectivity index (χ1v) is 5.65. The molecule has 0 radical (unpaired) electrons. The highest BCUT2D eigenvalue weighted by atomic mass is 16.5. The number of aliphatic hydroxyl groups excluding tert-OH is 1. The van der Waals surface area contributed by atoms with Crippen LogP contribution in [0.25, 0.3) is 0 Å². The van der Waals surface area contributed by atoms with Crippen LogP contribution >= 0.6 is 0 Å². The zero-order chi connectivity index (χ0) is 12.0. The minimum absolute atomic E-state index is 0.110. The quantitative estimate of drug-likeness (QED) is 0.778. The Kier molecular flexibility index (Phi) is 4.62. The van der Waals surface area contributed by atoms with Gasteiger partial charge in [0, 0.05) is 30.3 Å². The molecular weight excluding hydrogens is 202 g/mol. The molecule has 0 aliphatic rings. The standard InChI is InChI=1S/C13H21NO2/c1-4-16-12-7-5-6-11(8-12)14-9-13(2,3)10-15/h5-8,14-15H,4,9-10H2,1-3H3. The number of rotatable bonds is 6. The maximum Gasteiger partial charge on any atom is 0.121 e. The van der Waals surface area contributed by atoms with Crippen molar-refractivity contribution in [1.82, 2.24) is 0 Å². The van der Waals surface area contributed by atoms with Crippen molar-refractivity contribution in [3.63, 3.8) is 0 Å². The monoisotopic (exact) mass is 223 g/mol. The molecule has 1 aromatic carbocycles. The van der Waals surface area contributed by atoms with Crippen LogP contribution in [0.4, 0.5) is 5.69 Å². The zero-order valence-corrected chi connectivity index (χ0v) is 10.3. The van der Waals surface area contributed by atoms with E-state index in [2.05, 4.69) is 5.32 Å². The molecule has 0 atom stereocenters. The van der Waals surface area contributed by atoms with Gasteiger partial charge in [0.25, 0.3) is 0 Å². The minimum Gasteiger partial charge on any atom is -0.494 e. The Hall–Kier alpha value is -1.22. The van der Waals surface area contributed by atoms with Gasteiger partial charge >= 0.3 is 0 Å². The third kappa shape index (κ3) is 4.11. The summed E-state index contributed by atoms with van der Waals surface area (Å²) in [5.74, 6) is 0.870. The van der Waals surface area contributed by atoms with E-state index in [9.17, 15) is 0 Å². The van der Waals surface area contributed by atoms with E-state index in [0.717, 1.165) is 18.0 Å². The molecule has 90 valence electrons. The molecule has 3 nitrogen and oxygen atoms in total. The molecule has 2 N–H and O–H groups in total. The van der Waals surface area contributed by atoms with Gasteiger partial charge in [0.15, 0.2) is 0 Å². The lowest BCUT2D eigenvalue weighted by Gasteiger charge is -2.22. The fraction of sp³-hybridized carbons (Fsp3) is 0.538. The van der Waals surface area contributed by atoms with E-state index in [0.29, 0.717) is 6.61 Å². The summed E-state index contributed by atoms with van der Waals surface area (Å²) in [6, 6.07) is 7.86. The van der Waals surface area contributed by atoms with Gasteiger partial charge in [-0.05, 0) is 19.1 Å². The Balaban J connectivity index is 2.57. The van der Waals surface area contributed by atoms with Crippen LogP contribution < -0.4 is 10.1 Å². The first-order chi connectivity index (χ1) is 7.57. The lowest BCUT2D eigenvalue weighted by molar-refractivity contribution is 0.171. The molecule has 0 unspecified atom stereocenters. The molecule has 16 heavy (non-hydrogen) atoms. The molecule has 0 bridgehead atoms. The molecule has 0 aromatic heterocycles. The summed E-state index contributed by atoms with van der Waals surface area (Å²) >= 11 is 0. The van der Waals surface area contributed by atoms with Crippen molar-refractivity contribution in [2.45, 2.75) is 20.8 Å². The van der Waals surface area contributed by atoms with E-state index in [-0.39, 0.29) is 12.0 Å². The molecule has 0 spiro atoms. The van der Waals surface area contributed by atoms with Crippen molar-refractivity contribution in [2.24, 2.45) is 5.41 Å². The average molecular weight is 223 g/mol. The molecule has 0 saturated heterocycles. The van der Waals surface area contributed by atoms with Gasteiger partial charge < -0.3 is 15.2 Å². The predicted molar refractivity (Wildman–Crippen MR) is 67.0 cm³/mol. The van der Waals surface area contributed by atoms with Gasteiger partial charge in [0.2, 0.25) is 0 Å². The van der Waals surface area contributed by atoms with E-state index < -0.39 is 0 Å². The number of hydrogen-bond acceptors (Lipinski definition) is 3. The second-order valence-corrected chi connectivity index (χ2v) is 4.64. The molecule has 0 heterocycles. The van der Waals surface area contributed by atoms with Crippen molar-refractivity contribution >= 4 is 5.69 Å². The Labute approximate surface area is 97.4 Å². The maximum absolute atomic E-state index is 9.15. The lowest BCUT2D eigenvalue weighted by atomic mass is 9.95. The number of ether oxygens (including phenoxy) is 1. The van der Waals surface area contributed by atoms with Gasteiger partial charge in [-0.2, -0.15) is 0 Å². The summed E-state index contributed by atoms with van der Waals surface area (Å²) in [6.07, 6.45) is 0. The van der Waals surface area contributed by atoms with E-state index in [1.54, 1.807) is 0 Å². The number of nitrogens with one attached hydrogen (secondary N) is 1. The van der Waals surface area contributed by atoms with Crippen LogP contribution in [-0.4, -0.2) is 24.9 Å². The molecule has 3 heteroatoms. The second kappa shape index (κ2) is 5.75. The third-order valence-corrected chi connectivity index (χ3v) is 2.34. The fourth-order valence-corrected chi connectivity index (χ4v) is 1.26. The number of anilines is 1. The van der Waals surface area contributed by atoms with E-state index >= 15 is 0 Å². The average Bonchev–Trinajstić information content (AvgIpc) is 2.28. The molecule has 0 aliphatic carbocycles. The van der Waals surface area contributed by atoms with Crippen molar-refractivity contribution in [2.75, 3.05) is 25.1 Å². The summed E-state index contributed by atoms with van der Waals surface area (Å²) in [5, 5.41) is 12.4. The lowest BCUT2D eigenvalue weighted by Crippen LogP contribution is -2.26. The summed E-state index contributed by atoms with van der Waals surface area (Å²) < 4.78 is 5.42. The predicted octanol–water partition coefficient (Wildman–Crippen LogP) is 2.52. The largest absolute Gasteiger partial charge is 0.494 e. The molecule has 0 amide bonds. The first-order valence-electron chi connectivity index (χ1n) is 5.65. The fourth-order valence-electron chi connectivity index (χ4n) is 1.26. The Morgan fingerprint density at radius 1 is 1.38 bits per heavy atom. The highest BCUT2D eigenvalue weighted by Gasteiger charge is 2.15. The summed E-state index contributed by atoms with van der Waals surface area (Å²) in [4.78, 5) is 0. The molecule has 0 fully saturated rings. The second-order valence-electron chi connectivity index (χ2n) is 4.64. The Bertz CT molecular complexity index is 323. The normalized spacial score (nSPS) is 11.2.